The number of hydrogen-bond acceptors (Lipinski definition) is 3. The van der Waals surface area contributed by atoms with Gasteiger partial charge in [-0.15, -0.1) is 0 Å². The van der Waals surface area contributed by atoms with Crippen molar-refractivity contribution in [2.24, 2.45) is 11.3 Å². The molecule has 1 heterocycles. The molecule has 0 saturated carbocycles. The minimum absolute atomic E-state index is 0.258. The van der Waals surface area contributed by atoms with E-state index in [0.29, 0.717) is 25.3 Å². The maximum absolute atomic E-state index is 12.8. The Morgan fingerprint density at radius 3 is 2.56 bits per heavy atom. The minimum atomic E-state index is -1.28. The van der Waals surface area contributed by atoms with Gasteiger partial charge in [0.1, 0.15) is 0 Å². The van der Waals surface area contributed by atoms with Crippen molar-refractivity contribution in [3.05, 3.63) is 48.0 Å². The molecule has 5 nitrogen and oxygen atoms in total. The maximum atomic E-state index is 12.8. The summed E-state index contributed by atoms with van der Waals surface area (Å²) in [7, 11) is 1.74. The van der Waals surface area contributed by atoms with Gasteiger partial charge < -0.3 is 10.0 Å². The molecule has 1 fully saturated rings. The van der Waals surface area contributed by atoms with E-state index in [1.807, 2.05) is 6.07 Å². The quantitative estimate of drug-likeness (QED) is 0.637. The van der Waals surface area contributed by atoms with Gasteiger partial charge in [0, 0.05) is 26.7 Å². The van der Waals surface area contributed by atoms with Crippen molar-refractivity contribution < 1.29 is 14.7 Å². The summed E-state index contributed by atoms with van der Waals surface area (Å²) in [6.07, 6.45) is 5.25. The number of carboxylic acid groups (broad SMARTS) is 1. The van der Waals surface area contributed by atoms with Crippen molar-refractivity contribution in [3.8, 4) is 0 Å². The number of benzene rings is 1. The third kappa shape index (κ3) is 3.76. The molecule has 0 aromatic heterocycles. The van der Waals surface area contributed by atoms with Crippen LogP contribution in [0.1, 0.15) is 24.8 Å². The van der Waals surface area contributed by atoms with Crippen LogP contribution in [0.4, 0.5) is 0 Å². The molecular formula is C20H26N2O3. The van der Waals surface area contributed by atoms with Gasteiger partial charge >= 0.3 is 5.97 Å². The molecule has 0 radical (unpaired) electrons. The van der Waals surface area contributed by atoms with Crippen molar-refractivity contribution >= 4 is 11.9 Å². The van der Waals surface area contributed by atoms with E-state index in [1.165, 1.54) is 5.56 Å². The molecule has 1 saturated heterocycles. The van der Waals surface area contributed by atoms with Gasteiger partial charge in [-0.1, -0.05) is 42.5 Å². The Morgan fingerprint density at radius 2 is 1.92 bits per heavy atom. The van der Waals surface area contributed by atoms with Crippen LogP contribution in [-0.2, 0) is 16.1 Å². The Bertz CT molecular complexity index is 648. The molecule has 134 valence electrons. The second kappa shape index (κ2) is 7.40. The van der Waals surface area contributed by atoms with Crippen LogP contribution >= 0.6 is 0 Å². The molecule has 1 aromatic rings. The van der Waals surface area contributed by atoms with E-state index in [9.17, 15) is 14.7 Å². The molecule has 0 spiro atoms. The largest absolute Gasteiger partial charge is 0.480 e. The van der Waals surface area contributed by atoms with Gasteiger partial charge in [0.25, 0.3) is 0 Å². The summed E-state index contributed by atoms with van der Waals surface area (Å²) in [5.41, 5.74) is 0.0197. The predicted octanol–water partition coefficient (Wildman–Crippen LogP) is 2.39. The highest BCUT2D eigenvalue weighted by Crippen LogP contribution is 2.36. The molecule has 1 aromatic carbocycles. The summed E-state index contributed by atoms with van der Waals surface area (Å²) in [5.74, 6) is -0.865. The summed E-state index contributed by atoms with van der Waals surface area (Å²) in [4.78, 5) is 28.5. The molecule has 25 heavy (non-hydrogen) atoms. The van der Waals surface area contributed by atoms with E-state index < -0.39 is 11.4 Å². The van der Waals surface area contributed by atoms with Gasteiger partial charge in [-0.2, -0.15) is 0 Å². The van der Waals surface area contributed by atoms with Crippen molar-refractivity contribution in [2.75, 3.05) is 26.7 Å². The Kier molecular flexibility index (Phi) is 5.23. The van der Waals surface area contributed by atoms with E-state index >= 15 is 0 Å². The average Bonchev–Trinajstić information content (AvgIpc) is 3.25. The number of carbonyl (C=O) groups is 2. The zero-order chi connectivity index (χ0) is 17.9. The fourth-order valence-electron chi connectivity index (χ4n) is 3.98. The highest BCUT2D eigenvalue weighted by atomic mass is 16.4. The topological polar surface area (TPSA) is 60.9 Å². The first-order chi connectivity index (χ1) is 12.0. The maximum Gasteiger partial charge on any atom is 0.319 e. The molecule has 1 atom stereocenters. The summed E-state index contributed by atoms with van der Waals surface area (Å²) in [5, 5.41) is 9.55. The number of aliphatic carboxylic acids is 1. The summed E-state index contributed by atoms with van der Waals surface area (Å²) in [6.45, 7) is 3.52. The molecule has 1 N–H and O–H groups in total. The zero-order valence-electron chi connectivity index (χ0n) is 14.7. The van der Waals surface area contributed by atoms with E-state index in [2.05, 4.69) is 29.2 Å². The van der Waals surface area contributed by atoms with E-state index in [1.54, 1.807) is 24.1 Å². The average molecular weight is 342 g/mol. The van der Waals surface area contributed by atoms with Crippen molar-refractivity contribution in [2.45, 2.75) is 25.8 Å². The van der Waals surface area contributed by atoms with Crippen molar-refractivity contribution in [1.29, 1.82) is 0 Å². The lowest BCUT2D eigenvalue weighted by Crippen LogP contribution is -2.47. The first kappa shape index (κ1) is 17.7. The molecule has 5 heteroatoms. The number of hydrogen-bond donors (Lipinski definition) is 1. The monoisotopic (exact) mass is 342 g/mol. The lowest BCUT2D eigenvalue weighted by molar-refractivity contribution is -0.159. The van der Waals surface area contributed by atoms with E-state index in [0.717, 1.165) is 26.1 Å². The fourth-order valence-corrected chi connectivity index (χ4v) is 3.98. The highest BCUT2D eigenvalue weighted by Gasteiger charge is 2.48. The number of likely N-dealkylation sites (tertiary alicyclic amines) is 1. The number of rotatable bonds is 6. The first-order valence-electron chi connectivity index (χ1n) is 8.91. The van der Waals surface area contributed by atoms with Gasteiger partial charge in [0.05, 0.1) is 0 Å². The van der Waals surface area contributed by atoms with Crippen LogP contribution in [0.5, 0.6) is 0 Å². The van der Waals surface area contributed by atoms with E-state index in [4.69, 9.17) is 0 Å². The highest BCUT2D eigenvalue weighted by molar-refractivity contribution is 6.02. The zero-order valence-corrected chi connectivity index (χ0v) is 14.7. The lowest BCUT2D eigenvalue weighted by atomic mass is 9.83. The molecule has 2 aliphatic rings. The van der Waals surface area contributed by atoms with Crippen molar-refractivity contribution in [1.82, 2.24) is 9.80 Å². The Morgan fingerprint density at radius 1 is 1.24 bits per heavy atom. The molecule has 0 bridgehead atoms. The first-order valence-corrected chi connectivity index (χ1v) is 8.91. The van der Waals surface area contributed by atoms with Crippen LogP contribution in [-0.4, -0.2) is 53.5 Å². The van der Waals surface area contributed by atoms with Gasteiger partial charge in [-0.25, -0.2) is 0 Å². The van der Waals surface area contributed by atoms with Crippen molar-refractivity contribution in [3.63, 3.8) is 0 Å². The normalized spacial score (nSPS) is 22.2. The van der Waals surface area contributed by atoms with Crippen LogP contribution in [0.3, 0.4) is 0 Å². The van der Waals surface area contributed by atoms with Gasteiger partial charge in [-0.3, -0.25) is 14.5 Å². The second-order valence-electron chi connectivity index (χ2n) is 7.33. The van der Waals surface area contributed by atoms with Crippen LogP contribution < -0.4 is 0 Å². The Balaban J connectivity index is 1.54. The lowest BCUT2D eigenvalue weighted by Gasteiger charge is -2.30. The molecule has 1 amide bonds. The summed E-state index contributed by atoms with van der Waals surface area (Å²) >= 11 is 0. The fraction of sp³-hybridized carbons (Fsp3) is 0.500. The molecule has 1 aliphatic carbocycles. The molecule has 3 rings (SSSR count). The second-order valence-corrected chi connectivity index (χ2v) is 7.33. The summed E-state index contributed by atoms with van der Waals surface area (Å²) in [6, 6.07) is 10.4. The summed E-state index contributed by atoms with van der Waals surface area (Å²) < 4.78 is 0. The number of allylic oxidation sites excluding steroid dienone is 2. The van der Waals surface area contributed by atoms with Gasteiger partial charge in [-0.05, 0) is 37.3 Å². The Hall–Kier alpha value is -2.14. The molecule has 1 aliphatic heterocycles. The Labute approximate surface area is 148 Å². The number of amides is 1. The third-order valence-electron chi connectivity index (χ3n) is 5.42. The van der Waals surface area contributed by atoms with Crippen LogP contribution in [0, 0.1) is 11.3 Å². The van der Waals surface area contributed by atoms with Crippen LogP contribution in [0.15, 0.2) is 42.5 Å². The van der Waals surface area contributed by atoms with Crippen LogP contribution in [0.2, 0.25) is 0 Å². The standard InChI is InChI=1S/C20H26N2O3/c1-21(18(23)20(19(24)25)10-5-6-11-20)13-17-9-12-22(15-17)14-16-7-3-2-4-8-16/h2-8,17H,9-15H2,1H3,(H,24,25). The minimum Gasteiger partial charge on any atom is -0.480 e. The smallest absolute Gasteiger partial charge is 0.319 e. The van der Waals surface area contributed by atoms with Gasteiger partial charge in [0.2, 0.25) is 5.91 Å². The predicted molar refractivity (Wildman–Crippen MR) is 95.9 cm³/mol. The van der Waals surface area contributed by atoms with Crippen LogP contribution in [0.25, 0.3) is 0 Å². The SMILES string of the molecule is CN(CC1CCN(Cc2ccccc2)C1)C(=O)C1(C(=O)O)CC=CC1. The van der Waals surface area contributed by atoms with E-state index in [-0.39, 0.29) is 5.91 Å². The van der Waals surface area contributed by atoms with Gasteiger partial charge in [0.15, 0.2) is 5.41 Å². The number of nitrogens with zero attached hydrogens (tertiary/aromatic N) is 2. The third-order valence-corrected chi connectivity index (χ3v) is 5.42. The molecule has 1 unspecified atom stereocenters. The molecular weight excluding hydrogens is 316 g/mol. The number of carbonyl (C=O) groups excluding carboxylic acids is 1. The number of carboxylic acids is 1.